The number of piperidine rings is 1. The summed E-state index contributed by atoms with van der Waals surface area (Å²) in [7, 11) is -3.42. The zero-order chi connectivity index (χ0) is 29.7. The molecule has 0 spiro atoms. The Hall–Kier alpha value is -3.46. The molecule has 1 amide bonds. The van der Waals surface area contributed by atoms with Gasteiger partial charge in [-0.2, -0.15) is 13.2 Å². The summed E-state index contributed by atoms with van der Waals surface area (Å²) in [6.07, 6.45) is -2.58. The Kier molecular flexibility index (Phi) is 7.39. The highest BCUT2D eigenvalue weighted by atomic mass is 32.2. The van der Waals surface area contributed by atoms with E-state index < -0.39 is 50.4 Å². The molecule has 0 aliphatic carbocycles. The third-order valence-corrected chi connectivity index (χ3v) is 9.69. The largest absolute Gasteiger partial charge is 0.465 e. The quantitative estimate of drug-likeness (QED) is 0.350. The molecule has 0 saturated carbocycles. The van der Waals surface area contributed by atoms with Crippen LogP contribution in [-0.2, 0) is 16.0 Å². The van der Waals surface area contributed by atoms with Gasteiger partial charge in [-0.15, -0.1) is 0 Å². The average Bonchev–Trinajstić information content (AvgIpc) is 3.30. The van der Waals surface area contributed by atoms with Gasteiger partial charge in [0.05, 0.1) is 29.2 Å². The topological polar surface area (TPSA) is 153 Å². The summed E-state index contributed by atoms with van der Waals surface area (Å²) < 4.78 is 67.5. The number of carbonyl (C=O) groups is 1. The van der Waals surface area contributed by atoms with Crippen LogP contribution < -0.4 is 10.6 Å². The first-order valence-corrected chi connectivity index (χ1v) is 15.0. The number of amides is 1. The van der Waals surface area contributed by atoms with Gasteiger partial charge in [-0.05, 0) is 30.4 Å². The van der Waals surface area contributed by atoms with Gasteiger partial charge >= 0.3 is 12.3 Å². The molecule has 15 heteroatoms. The molecular weight excluding hydrogens is 563 g/mol. The molecule has 0 bridgehead atoms. The predicted octanol–water partition coefficient (Wildman–Crippen LogP) is 4.07. The Morgan fingerprint density at radius 3 is 2.61 bits per heavy atom. The monoisotopic (exact) mass is 595 g/mol. The molecule has 3 aromatic heterocycles. The fourth-order valence-electron chi connectivity index (χ4n) is 5.86. The van der Waals surface area contributed by atoms with Crippen LogP contribution >= 0.6 is 0 Å². The van der Waals surface area contributed by atoms with E-state index in [0.29, 0.717) is 37.0 Å². The van der Waals surface area contributed by atoms with E-state index in [2.05, 4.69) is 30.6 Å². The Morgan fingerprint density at radius 2 is 1.95 bits per heavy atom. The lowest BCUT2D eigenvalue weighted by molar-refractivity contribution is -0.137. The van der Waals surface area contributed by atoms with E-state index in [1.54, 1.807) is 6.07 Å². The number of fused-ring (bicyclic) bond motifs is 1. The van der Waals surface area contributed by atoms with Crippen LogP contribution in [0.25, 0.3) is 22.3 Å². The van der Waals surface area contributed by atoms with Crippen molar-refractivity contribution in [2.45, 2.75) is 57.1 Å². The van der Waals surface area contributed by atoms with Crippen LogP contribution in [0, 0.1) is 5.41 Å². The predicted molar refractivity (Wildman–Crippen MR) is 146 cm³/mol. The van der Waals surface area contributed by atoms with Crippen molar-refractivity contribution >= 4 is 32.9 Å². The van der Waals surface area contributed by atoms with Crippen LogP contribution in [0.2, 0.25) is 0 Å². The van der Waals surface area contributed by atoms with Crippen LogP contribution in [0.3, 0.4) is 0 Å². The van der Waals surface area contributed by atoms with Gasteiger partial charge in [0.1, 0.15) is 16.5 Å². The van der Waals surface area contributed by atoms with Gasteiger partial charge in [-0.25, -0.2) is 28.2 Å². The Bertz CT molecular complexity index is 1570. The minimum atomic E-state index is -4.76. The zero-order valence-corrected chi connectivity index (χ0v) is 23.6. The summed E-state index contributed by atoms with van der Waals surface area (Å²) in [5.41, 5.74) is -1.22. The van der Waals surface area contributed by atoms with Crippen molar-refractivity contribution in [1.29, 1.82) is 0 Å². The van der Waals surface area contributed by atoms with E-state index >= 15 is 0 Å². The van der Waals surface area contributed by atoms with E-state index in [-0.39, 0.29) is 35.2 Å². The van der Waals surface area contributed by atoms with Gasteiger partial charge in [-0.3, -0.25) is 0 Å². The number of hydrogen-bond donors (Lipinski definition) is 4. The number of sulfone groups is 1. The first kappa shape index (κ1) is 29.0. The van der Waals surface area contributed by atoms with Gasteiger partial charge in [0.15, 0.2) is 9.84 Å². The molecule has 2 aliphatic rings. The van der Waals surface area contributed by atoms with Gasteiger partial charge in [0, 0.05) is 43.0 Å². The Labute approximate surface area is 234 Å². The number of pyridine rings is 1. The standard InChI is InChI=1S/C26H32F3N7O4S/c1-25(2,3)21-18(5-4-9-36(21)24(37)38)34-23-32-12-16(26(27,28)29)20(35-23)15-11-31-22-14(15)6-7-17(33-22)19-13-30-8-10-41(19,39)40/h6-7,11-12,18-19,21,30H,4-5,8-10,13H2,1-3H3,(H,31,33)(H,37,38)(H,32,34,35). The number of alkyl halides is 3. The molecule has 11 nitrogen and oxygen atoms in total. The summed E-state index contributed by atoms with van der Waals surface area (Å²) in [5, 5.41) is 15.4. The van der Waals surface area contributed by atoms with E-state index in [4.69, 9.17) is 0 Å². The normalized spacial score (nSPS) is 23.5. The van der Waals surface area contributed by atoms with Crippen LogP contribution in [0.1, 0.15) is 50.1 Å². The highest BCUT2D eigenvalue weighted by Crippen LogP contribution is 2.40. The number of carboxylic acid groups (broad SMARTS) is 1. The van der Waals surface area contributed by atoms with Crippen molar-refractivity contribution in [2.75, 3.05) is 30.7 Å². The number of likely N-dealkylation sites (tertiary alicyclic amines) is 1. The number of aromatic nitrogens is 4. The summed E-state index contributed by atoms with van der Waals surface area (Å²) >= 11 is 0. The lowest BCUT2D eigenvalue weighted by Gasteiger charge is -2.46. The SMILES string of the molecule is CC(C)(C)C1C(Nc2ncc(C(F)(F)F)c(-c3c[nH]c4nc(C5CNCCS5(=O)=O)ccc34)n2)CCCN1C(=O)O. The number of hydrogen-bond acceptors (Lipinski definition) is 8. The van der Waals surface area contributed by atoms with E-state index in [0.717, 1.165) is 6.20 Å². The number of aromatic amines is 1. The Morgan fingerprint density at radius 1 is 1.20 bits per heavy atom. The molecule has 2 fully saturated rings. The maximum atomic E-state index is 14.1. The maximum Gasteiger partial charge on any atom is 0.419 e. The van der Waals surface area contributed by atoms with Gasteiger partial charge < -0.3 is 25.6 Å². The van der Waals surface area contributed by atoms with E-state index in [1.807, 2.05) is 20.8 Å². The number of H-pyrrole nitrogens is 1. The summed E-state index contributed by atoms with van der Waals surface area (Å²) in [4.78, 5) is 28.9. The van der Waals surface area contributed by atoms with Crippen LogP contribution in [-0.4, -0.2) is 81.9 Å². The van der Waals surface area contributed by atoms with Crippen molar-refractivity contribution in [3.05, 3.63) is 35.8 Å². The third kappa shape index (κ3) is 5.69. The van der Waals surface area contributed by atoms with Gasteiger partial charge in [-0.1, -0.05) is 20.8 Å². The summed E-state index contributed by atoms with van der Waals surface area (Å²) in [5.74, 6) is -0.0851. The smallest absolute Gasteiger partial charge is 0.419 e. The second kappa shape index (κ2) is 10.4. The van der Waals surface area contributed by atoms with Crippen molar-refractivity contribution < 1.29 is 31.5 Å². The molecule has 2 aliphatic heterocycles. The maximum absolute atomic E-state index is 14.1. The zero-order valence-electron chi connectivity index (χ0n) is 22.8. The number of nitrogens with one attached hydrogen (secondary N) is 3. The molecule has 3 unspecified atom stereocenters. The second-order valence-corrected chi connectivity index (χ2v) is 13.8. The fraction of sp³-hybridized carbons (Fsp3) is 0.538. The first-order valence-electron chi connectivity index (χ1n) is 13.3. The van der Waals surface area contributed by atoms with Crippen molar-refractivity contribution in [1.82, 2.24) is 30.2 Å². The summed E-state index contributed by atoms with van der Waals surface area (Å²) in [6.45, 7) is 6.64. The fourth-order valence-corrected chi connectivity index (χ4v) is 7.45. The van der Waals surface area contributed by atoms with Crippen molar-refractivity contribution in [2.24, 2.45) is 5.41 Å². The van der Waals surface area contributed by atoms with Crippen LogP contribution in [0.15, 0.2) is 24.5 Å². The van der Waals surface area contributed by atoms with Crippen molar-refractivity contribution in [3.8, 4) is 11.3 Å². The Balaban J connectivity index is 1.54. The highest BCUT2D eigenvalue weighted by Gasteiger charge is 2.43. The average molecular weight is 596 g/mol. The molecule has 3 atom stereocenters. The number of nitrogens with zero attached hydrogens (tertiary/aromatic N) is 4. The molecule has 5 heterocycles. The third-order valence-electron chi connectivity index (χ3n) is 7.64. The molecule has 0 radical (unpaired) electrons. The number of anilines is 1. The molecule has 2 saturated heterocycles. The lowest BCUT2D eigenvalue weighted by Crippen LogP contribution is -2.58. The van der Waals surface area contributed by atoms with Crippen molar-refractivity contribution in [3.63, 3.8) is 0 Å². The highest BCUT2D eigenvalue weighted by molar-refractivity contribution is 7.91. The molecular formula is C26H32F3N7O4S. The molecule has 222 valence electrons. The van der Waals surface area contributed by atoms with Crippen LogP contribution in [0.4, 0.5) is 23.9 Å². The lowest BCUT2D eigenvalue weighted by atomic mass is 9.77. The van der Waals surface area contributed by atoms with E-state index in [9.17, 15) is 31.5 Å². The van der Waals surface area contributed by atoms with Gasteiger partial charge in [0.2, 0.25) is 5.95 Å². The molecule has 5 rings (SSSR count). The molecule has 0 aromatic carbocycles. The summed E-state index contributed by atoms with van der Waals surface area (Å²) in [6, 6.07) is 2.16. The van der Waals surface area contributed by atoms with Crippen LogP contribution in [0.5, 0.6) is 0 Å². The number of rotatable bonds is 4. The first-order chi connectivity index (χ1) is 19.2. The second-order valence-electron chi connectivity index (χ2n) is 11.5. The molecule has 3 aromatic rings. The minimum Gasteiger partial charge on any atom is -0.465 e. The minimum absolute atomic E-state index is 0.0275. The van der Waals surface area contributed by atoms with Gasteiger partial charge in [0.25, 0.3) is 0 Å². The molecule has 41 heavy (non-hydrogen) atoms. The number of halogens is 3. The molecule has 4 N–H and O–H groups in total. The van der Waals surface area contributed by atoms with E-state index in [1.165, 1.54) is 17.2 Å².